The molecule has 0 aliphatic carbocycles. The van der Waals surface area contributed by atoms with Crippen molar-refractivity contribution in [3.8, 4) is 0 Å². The van der Waals surface area contributed by atoms with Crippen LogP contribution in [0.3, 0.4) is 0 Å². The van der Waals surface area contributed by atoms with Gasteiger partial charge in [0.2, 0.25) is 0 Å². The number of carbonyl (C=O) groups excluding carboxylic acids is 2. The van der Waals surface area contributed by atoms with E-state index in [0.29, 0.717) is 0 Å². The van der Waals surface area contributed by atoms with Crippen LogP contribution in [-0.4, -0.2) is 12.1 Å². The molecule has 0 radical (unpaired) electrons. The van der Waals surface area contributed by atoms with E-state index in [1.54, 1.807) is 0 Å². The van der Waals surface area contributed by atoms with Gasteiger partial charge in [0.05, 0.1) is 0 Å². The molecule has 0 fully saturated rings. The quantitative estimate of drug-likeness (QED) is 0.338. The molecule has 6 nitrogen and oxygen atoms in total. The fourth-order valence-electron chi connectivity index (χ4n) is 0. The van der Waals surface area contributed by atoms with Crippen LogP contribution in [0, 0.1) is 0 Å². The molecule has 9 heavy (non-hydrogen) atoms. The van der Waals surface area contributed by atoms with Gasteiger partial charge in [0.15, 0.2) is 0 Å². The Morgan fingerprint density at radius 3 is 0.778 bits per heavy atom. The van der Waals surface area contributed by atoms with Gasteiger partial charge in [-0.2, -0.15) is 0 Å². The van der Waals surface area contributed by atoms with Gasteiger partial charge in [-0.25, -0.2) is 9.59 Å². The summed E-state index contributed by atoms with van der Waals surface area (Å²) in [6, 6.07) is -1.67. The summed E-state index contributed by atoms with van der Waals surface area (Å²) in [5, 5.41) is 0. The summed E-state index contributed by atoms with van der Waals surface area (Å²) >= 11 is 0. The maximum Gasteiger partial charge on any atom is 0.309 e. The molecule has 0 saturated carbocycles. The molecule has 0 aliphatic heterocycles. The standard InChI is InChI=1S/2CH4N2O.ClH/c2*2-1(3)4;/h2*(H4,2,3,4);1H. The van der Waals surface area contributed by atoms with Crippen molar-refractivity contribution in [2.75, 3.05) is 0 Å². The number of amides is 4. The number of rotatable bonds is 0. The van der Waals surface area contributed by atoms with Crippen LogP contribution in [0.5, 0.6) is 0 Å². The number of halogens is 1. The fourth-order valence-corrected chi connectivity index (χ4v) is 0. The lowest BCUT2D eigenvalue weighted by Crippen LogP contribution is -2.18. The van der Waals surface area contributed by atoms with Gasteiger partial charge in [-0.15, -0.1) is 12.4 Å². The van der Waals surface area contributed by atoms with Gasteiger partial charge in [0.25, 0.3) is 0 Å². The van der Waals surface area contributed by atoms with Crippen molar-refractivity contribution in [3.05, 3.63) is 0 Å². The van der Waals surface area contributed by atoms with Gasteiger partial charge in [0, 0.05) is 0 Å². The molecule has 0 bridgehead atoms. The van der Waals surface area contributed by atoms with Crippen LogP contribution >= 0.6 is 12.4 Å². The average Bonchev–Trinajstić information content (AvgIpc) is 1.25. The van der Waals surface area contributed by atoms with Crippen molar-refractivity contribution >= 4 is 24.5 Å². The maximum atomic E-state index is 9.00. The van der Waals surface area contributed by atoms with Crippen LogP contribution in [0.25, 0.3) is 0 Å². The van der Waals surface area contributed by atoms with Gasteiger partial charge in [-0.05, 0) is 0 Å². The highest BCUT2D eigenvalue weighted by molar-refractivity contribution is 5.85. The lowest BCUT2D eigenvalue weighted by Gasteiger charge is -1.62. The molecular weight excluding hydrogens is 148 g/mol. The van der Waals surface area contributed by atoms with Crippen LogP contribution in [0.15, 0.2) is 0 Å². The van der Waals surface area contributed by atoms with Gasteiger partial charge in [-0.3, -0.25) is 0 Å². The highest BCUT2D eigenvalue weighted by atomic mass is 35.5. The highest BCUT2D eigenvalue weighted by Gasteiger charge is 1.61. The van der Waals surface area contributed by atoms with E-state index in [0.717, 1.165) is 0 Å². The molecule has 0 aliphatic rings. The lowest BCUT2D eigenvalue weighted by molar-refractivity contribution is 0.255. The summed E-state index contributed by atoms with van der Waals surface area (Å²) in [4.78, 5) is 18.0. The van der Waals surface area contributed by atoms with E-state index in [4.69, 9.17) is 9.59 Å². The van der Waals surface area contributed by atoms with E-state index in [9.17, 15) is 0 Å². The van der Waals surface area contributed by atoms with Crippen LogP contribution < -0.4 is 22.9 Å². The van der Waals surface area contributed by atoms with Gasteiger partial charge >= 0.3 is 12.1 Å². The summed E-state index contributed by atoms with van der Waals surface area (Å²) in [6.07, 6.45) is 0. The topological polar surface area (TPSA) is 138 Å². The number of hydrogen-bond acceptors (Lipinski definition) is 2. The van der Waals surface area contributed by atoms with Gasteiger partial charge in [0.1, 0.15) is 0 Å². The molecule has 0 aromatic carbocycles. The molecule has 0 spiro atoms. The predicted octanol–water partition coefficient (Wildman–Crippen LogP) is -1.53. The summed E-state index contributed by atoms with van der Waals surface area (Å²) in [6.45, 7) is 0. The van der Waals surface area contributed by atoms with Crippen molar-refractivity contribution in [1.29, 1.82) is 0 Å². The monoisotopic (exact) mass is 156 g/mol. The van der Waals surface area contributed by atoms with Crippen LogP contribution in [0.1, 0.15) is 0 Å². The molecule has 8 N–H and O–H groups in total. The number of urea groups is 2. The molecule has 0 unspecified atom stereocenters. The first-order chi connectivity index (χ1) is 3.46. The number of nitrogens with two attached hydrogens (primary N) is 4. The Bertz CT molecular complexity index is 74.6. The Morgan fingerprint density at radius 1 is 0.778 bits per heavy atom. The van der Waals surface area contributed by atoms with Crippen molar-refractivity contribution in [3.63, 3.8) is 0 Å². The van der Waals surface area contributed by atoms with Crippen molar-refractivity contribution in [2.45, 2.75) is 0 Å². The first kappa shape index (κ1) is 15.7. The minimum absolute atomic E-state index is 0. The third kappa shape index (κ3) is 116. The molecule has 0 aromatic rings. The molecule has 0 rings (SSSR count). The predicted molar refractivity (Wildman–Crippen MR) is 34.8 cm³/mol. The van der Waals surface area contributed by atoms with Crippen LogP contribution in [-0.2, 0) is 0 Å². The Balaban J connectivity index is -0.0000000720. The van der Waals surface area contributed by atoms with Crippen molar-refractivity contribution < 1.29 is 9.59 Å². The average molecular weight is 157 g/mol. The maximum absolute atomic E-state index is 9.00. The fraction of sp³-hybridized carbons (Fsp3) is 0. The Hall–Kier alpha value is -1.17. The van der Waals surface area contributed by atoms with E-state index in [1.165, 1.54) is 0 Å². The van der Waals surface area contributed by atoms with E-state index in [2.05, 4.69) is 22.9 Å². The van der Waals surface area contributed by atoms with E-state index < -0.39 is 12.1 Å². The molecular formula is C2H9ClN4O2. The first-order valence-corrected chi connectivity index (χ1v) is 1.56. The van der Waals surface area contributed by atoms with Crippen LogP contribution in [0.2, 0.25) is 0 Å². The first-order valence-electron chi connectivity index (χ1n) is 1.56. The Morgan fingerprint density at radius 2 is 0.778 bits per heavy atom. The second-order valence-electron chi connectivity index (χ2n) is 0.805. The molecule has 4 amide bonds. The number of hydrogen-bond donors (Lipinski definition) is 4. The summed E-state index contributed by atoms with van der Waals surface area (Å²) in [5.41, 5.74) is 17.0. The second-order valence-corrected chi connectivity index (χ2v) is 0.805. The minimum atomic E-state index is -0.833. The second kappa shape index (κ2) is 9.95. The normalized spacial score (nSPS) is 5.33. The van der Waals surface area contributed by atoms with E-state index >= 15 is 0 Å². The molecule has 0 atom stereocenters. The zero-order chi connectivity index (χ0) is 7.15. The molecule has 0 aromatic heterocycles. The van der Waals surface area contributed by atoms with E-state index in [1.807, 2.05) is 0 Å². The minimum Gasteiger partial charge on any atom is -0.352 e. The third-order valence-corrected chi connectivity index (χ3v) is 0. The van der Waals surface area contributed by atoms with Gasteiger partial charge < -0.3 is 22.9 Å². The van der Waals surface area contributed by atoms with E-state index in [-0.39, 0.29) is 12.4 Å². The highest BCUT2D eigenvalue weighted by Crippen LogP contribution is 1.26. The number of carbonyl (C=O) groups is 2. The van der Waals surface area contributed by atoms with Crippen molar-refractivity contribution in [2.24, 2.45) is 22.9 Å². The molecule has 0 saturated heterocycles. The lowest BCUT2D eigenvalue weighted by atomic mass is 11.2. The summed E-state index contributed by atoms with van der Waals surface area (Å²) in [5.74, 6) is 0. The van der Waals surface area contributed by atoms with Gasteiger partial charge in [-0.1, -0.05) is 0 Å². The summed E-state index contributed by atoms with van der Waals surface area (Å²) in [7, 11) is 0. The SMILES string of the molecule is Cl.NC(N)=O.NC(N)=O. The van der Waals surface area contributed by atoms with Crippen LogP contribution in [0.4, 0.5) is 9.59 Å². The number of primary amides is 4. The smallest absolute Gasteiger partial charge is 0.309 e. The summed E-state index contributed by atoms with van der Waals surface area (Å²) < 4.78 is 0. The Labute approximate surface area is 57.9 Å². The zero-order valence-corrected chi connectivity index (χ0v) is 5.35. The largest absolute Gasteiger partial charge is 0.352 e. The third-order valence-electron chi connectivity index (χ3n) is 0. The molecule has 56 valence electrons. The van der Waals surface area contributed by atoms with Crippen molar-refractivity contribution in [1.82, 2.24) is 0 Å². The Kier molecular flexibility index (Phi) is 17.3. The molecule has 7 heteroatoms. The zero-order valence-electron chi connectivity index (χ0n) is 4.53. The molecule has 0 heterocycles.